The molecule has 0 saturated heterocycles. The molecule has 0 N–H and O–H groups in total. The van der Waals surface area contributed by atoms with Gasteiger partial charge in [0.15, 0.2) is 0 Å². The van der Waals surface area contributed by atoms with E-state index in [0.717, 1.165) is 79.0 Å². The molecule has 7 heteroatoms. The lowest BCUT2D eigenvalue weighted by Gasteiger charge is -2.25. The van der Waals surface area contributed by atoms with Crippen LogP contribution in [0.15, 0.2) is 212 Å². The first-order valence-electron chi connectivity index (χ1n) is 18.0. The van der Waals surface area contributed by atoms with Crippen molar-refractivity contribution in [1.82, 2.24) is 19.9 Å². The molecular formula is C48H34N6O. The zero-order valence-electron chi connectivity index (χ0n) is 29.7. The molecule has 0 saturated carbocycles. The smallest absolute Gasteiger partial charge is 0.134 e. The summed E-state index contributed by atoms with van der Waals surface area (Å²) in [6, 6.07) is 54.1. The fourth-order valence-electron chi connectivity index (χ4n) is 6.80. The van der Waals surface area contributed by atoms with Crippen LogP contribution in [-0.4, -0.2) is 19.9 Å². The van der Waals surface area contributed by atoms with E-state index in [9.17, 15) is 0 Å². The largest absolute Gasteiger partial charge is 0.456 e. The summed E-state index contributed by atoms with van der Waals surface area (Å²) >= 11 is 0. The maximum atomic E-state index is 6.47. The first kappa shape index (κ1) is 33.2. The highest BCUT2D eigenvalue weighted by molar-refractivity contribution is 5.82. The Kier molecular flexibility index (Phi) is 9.15. The second kappa shape index (κ2) is 15.1. The zero-order chi connectivity index (χ0) is 36.8. The molecule has 55 heavy (non-hydrogen) atoms. The van der Waals surface area contributed by atoms with E-state index in [0.29, 0.717) is 0 Å². The Morgan fingerprint density at radius 1 is 0.291 bits per heavy atom. The minimum atomic E-state index is 0.795. The molecule has 0 aliphatic rings. The highest BCUT2D eigenvalue weighted by atomic mass is 16.3. The maximum absolute atomic E-state index is 6.47. The second-order valence-corrected chi connectivity index (χ2v) is 12.9. The van der Waals surface area contributed by atoms with Crippen LogP contribution in [0, 0.1) is 0 Å². The van der Waals surface area contributed by atoms with E-state index in [1.54, 1.807) is 12.4 Å². The van der Waals surface area contributed by atoms with Crippen molar-refractivity contribution < 1.29 is 4.42 Å². The standard InChI is InChI=1S/C48H34N6O/c1-5-39(35-21-27-49-28-22-35)31-43(7-1)53(45-9-3-25-51-33-45)41-15-11-37(12-16-41)47-19-20-48(55-47)38-13-17-42(18-14-38)54(46-10-4-26-52-34-46)44-8-2-6-40(32-44)36-23-29-50-30-24-36/h1-34H. The van der Waals surface area contributed by atoms with Crippen molar-refractivity contribution in [2.45, 2.75) is 0 Å². The minimum absolute atomic E-state index is 0.795. The van der Waals surface area contributed by atoms with Gasteiger partial charge in [0, 0.05) is 71.1 Å². The third kappa shape index (κ3) is 7.10. The van der Waals surface area contributed by atoms with Gasteiger partial charge in [-0.15, -0.1) is 0 Å². The Morgan fingerprint density at radius 3 is 1.11 bits per heavy atom. The van der Waals surface area contributed by atoms with Crippen LogP contribution in [0.1, 0.15) is 0 Å². The monoisotopic (exact) mass is 710 g/mol. The number of rotatable bonds is 10. The Balaban J connectivity index is 0.988. The molecule has 9 rings (SSSR count). The molecule has 0 radical (unpaired) electrons. The van der Waals surface area contributed by atoms with Crippen molar-refractivity contribution in [2.24, 2.45) is 0 Å². The van der Waals surface area contributed by atoms with Crippen LogP contribution in [0.2, 0.25) is 0 Å². The van der Waals surface area contributed by atoms with Gasteiger partial charge in [0.25, 0.3) is 0 Å². The van der Waals surface area contributed by atoms with Gasteiger partial charge in [-0.05, 0) is 156 Å². The van der Waals surface area contributed by atoms with Gasteiger partial charge in [-0.1, -0.05) is 24.3 Å². The molecule has 9 aromatic rings. The number of pyridine rings is 4. The summed E-state index contributed by atoms with van der Waals surface area (Å²) in [4.78, 5) is 21.6. The number of aromatic nitrogens is 4. The minimum Gasteiger partial charge on any atom is -0.456 e. The molecule has 0 fully saturated rings. The number of benzene rings is 4. The lowest BCUT2D eigenvalue weighted by Crippen LogP contribution is -2.10. The van der Waals surface area contributed by atoms with E-state index in [-0.39, 0.29) is 0 Å². The van der Waals surface area contributed by atoms with Gasteiger partial charge < -0.3 is 14.2 Å². The van der Waals surface area contributed by atoms with Gasteiger partial charge in [0.2, 0.25) is 0 Å². The van der Waals surface area contributed by atoms with Gasteiger partial charge in [-0.3, -0.25) is 19.9 Å². The Labute approximate surface area is 319 Å². The predicted octanol–water partition coefficient (Wildman–Crippen LogP) is 12.5. The van der Waals surface area contributed by atoms with Crippen LogP contribution in [0.3, 0.4) is 0 Å². The average molecular weight is 711 g/mol. The van der Waals surface area contributed by atoms with Crippen LogP contribution in [0.4, 0.5) is 34.1 Å². The molecular weight excluding hydrogens is 677 g/mol. The third-order valence-corrected chi connectivity index (χ3v) is 9.47. The van der Waals surface area contributed by atoms with Gasteiger partial charge in [-0.2, -0.15) is 0 Å². The van der Waals surface area contributed by atoms with Crippen molar-refractivity contribution >= 4 is 34.1 Å². The molecule has 7 nitrogen and oxygen atoms in total. The summed E-state index contributed by atoms with van der Waals surface area (Å²) in [6.07, 6.45) is 14.6. The molecule has 0 bridgehead atoms. The third-order valence-electron chi connectivity index (χ3n) is 9.47. The predicted molar refractivity (Wildman–Crippen MR) is 221 cm³/mol. The van der Waals surface area contributed by atoms with Gasteiger partial charge >= 0.3 is 0 Å². The number of hydrogen-bond acceptors (Lipinski definition) is 7. The molecule has 0 aliphatic heterocycles. The van der Waals surface area contributed by atoms with Crippen LogP contribution in [0.25, 0.3) is 44.9 Å². The van der Waals surface area contributed by atoms with Crippen molar-refractivity contribution in [1.29, 1.82) is 0 Å². The molecule has 262 valence electrons. The fourth-order valence-corrected chi connectivity index (χ4v) is 6.80. The number of hydrogen-bond donors (Lipinski definition) is 0. The van der Waals surface area contributed by atoms with E-state index in [4.69, 9.17) is 4.42 Å². The van der Waals surface area contributed by atoms with E-state index in [1.807, 2.05) is 85.7 Å². The summed E-state index contributed by atoms with van der Waals surface area (Å²) in [5.74, 6) is 1.59. The summed E-state index contributed by atoms with van der Waals surface area (Å²) in [6.45, 7) is 0. The maximum Gasteiger partial charge on any atom is 0.134 e. The van der Waals surface area contributed by atoms with Crippen LogP contribution in [-0.2, 0) is 0 Å². The fraction of sp³-hybridized carbons (Fsp3) is 0. The zero-order valence-corrected chi connectivity index (χ0v) is 29.7. The van der Waals surface area contributed by atoms with E-state index in [1.165, 1.54) is 0 Å². The summed E-state index contributed by atoms with van der Waals surface area (Å²) in [7, 11) is 0. The van der Waals surface area contributed by atoms with Crippen LogP contribution >= 0.6 is 0 Å². The SMILES string of the molecule is c1cncc(N(c2ccc(-c3ccc(-c4ccc(N(c5cccnc5)c5cccc(-c6ccncc6)c5)cc4)o3)cc2)c2cccc(-c3ccncc3)c2)c1. The highest BCUT2D eigenvalue weighted by Crippen LogP contribution is 2.39. The molecule has 0 aliphatic carbocycles. The van der Waals surface area contributed by atoms with Crippen LogP contribution in [0.5, 0.6) is 0 Å². The van der Waals surface area contributed by atoms with Crippen molar-refractivity contribution in [3.63, 3.8) is 0 Å². The summed E-state index contributed by atoms with van der Waals surface area (Å²) < 4.78 is 6.47. The second-order valence-electron chi connectivity index (χ2n) is 12.9. The first-order valence-corrected chi connectivity index (χ1v) is 18.0. The number of nitrogens with zero attached hydrogens (tertiary/aromatic N) is 6. The lowest BCUT2D eigenvalue weighted by molar-refractivity contribution is 0.597. The van der Waals surface area contributed by atoms with E-state index >= 15 is 0 Å². The lowest BCUT2D eigenvalue weighted by atomic mass is 10.1. The van der Waals surface area contributed by atoms with Gasteiger partial charge in [0.05, 0.1) is 23.8 Å². The normalized spacial score (nSPS) is 10.9. The van der Waals surface area contributed by atoms with Crippen LogP contribution < -0.4 is 9.80 Å². The first-order chi connectivity index (χ1) is 27.3. The quantitative estimate of drug-likeness (QED) is 0.140. The Hall–Kier alpha value is -7.64. The molecule has 0 spiro atoms. The van der Waals surface area contributed by atoms with Crippen molar-refractivity contribution in [3.8, 4) is 44.9 Å². The van der Waals surface area contributed by atoms with Crippen molar-refractivity contribution in [3.05, 3.63) is 207 Å². The Bertz CT molecular complexity index is 2450. The summed E-state index contributed by atoms with van der Waals surface area (Å²) in [5.41, 5.74) is 12.4. The Morgan fingerprint density at radius 2 is 0.709 bits per heavy atom. The van der Waals surface area contributed by atoms with E-state index < -0.39 is 0 Å². The van der Waals surface area contributed by atoms with Gasteiger partial charge in [0.1, 0.15) is 11.5 Å². The topological polar surface area (TPSA) is 71.2 Å². The van der Waals surface area contributed by atoms with Gasteiger partial charge in [-0.25, -0.2) is 0 Å². The molecule has 5 heterocycles. The number of furan rings is 1. The van der Waals surface area contributed by atoms with E-state index in [2.05, 4.69) is 139 Å². The molecule has 5 aromatic heterocycles. The molecule has 0 atom stereocenters. The number of anilines is 6. The summed E-state index contributed by atoms with van der Waals surface area (Å²) in [5, 5.41) is 0. The molecule has 4 aromatic carbocycles. The average Bonchev–Trinajstić information content (AvgIpc) is 3.77. The molecule has 0 amide bonds. The molecule has 0 unspecified atom stereocenters. The highest BCUT2D eigenvalue weighted by Gasteiger charge is 2.17. The van der Waals surface area contributed by atoms with Crippen molar-refractivity contribution in [2.75, 3.05) is 9.80 Å².